The maximum atomic E-state index is 13.1. The third-order valence-electron chi connectivity index (χ3n) is 6.46. The number of carbonyl (C=O) groups is 2. The van der Waals surface area contributed by atoms with Crippen LogP contribution in [-0.2, 0) is 11.2 Å². The number of nitrogens with one attached hydrogen (secondary N) is 1. The van der Waals surface area contributed by atoms with Crippen LogP contribution in [0.4, 0.5) is 11.4 Å². The molecule has 1 heterocycles. The molecule has 1 amide bonds. The van der Waals surface area contributed by atoms with Gasteiger partial charge < -0.3 is 10.2 Å². The number of para-hydroxylation sites is 1. The molecule has 0 atom stereocenters. The van der Waals surface area contributed by atoms with Gasteiger partial charge in [0.25, 0.3) is 0 Å². The van der Waals surface area contributed by atoms with Gasteiger partial charge in [-0.25, -0.2) is 0 Å². The minimum atomic E-state index is 0.0466. The molecule has 0 aromatic heterocycles. The van der Waals surface area contributed by atoms with E-state index in [2.05, 4.69) is 22.3 Å². The first-order valence-corrected chi connectivity index (χ1v) is 11.5. The van der Waals surface area contributed by atoms with Gasteiger partial charge >= 0.3 is 0 Å². The summed E-state index contributed by atoms with van der Waals surface area (Å²) in [5.74, 6) is 0.176. The van der Waals surface area contributed by atoms with E-state index in [1.807, 2.05) is 36.4 Å². The smallest absolute Gasteiger partial charge is 0.227 e. The molecule has 1 aliphatic heterocycles. The van der Waals surface area contributed by atoms with Gasteiger partial charge in [0.05, 0.1) is 5.69 Å². The Kier molecular flexibility index (Phi) is 6.83. The maximum absolute atomic E-state index is 13.1. The molecular formula is C26H32N2O2. The van der Waals surface area contributed by atoms with E-state index in [1.54, 1.807) is 0 Å². The van der Waals surface area contributed by atoms with Crippen LogP contribution in [0.15, 0.2) is 48.5 Å². The zero-order valence-corrected chi connectivity index (χ0v) is 17.7. The van der Waals surface area contributed by atoms with E-state index in [0.717, 1.165) is 44.3 Å². The lowest BCUT2D eigenvalue weighted by molar-refractivity contribution is -0.120. The van der Waals surface area contributed by atoms with E-state index in [9.17, 15) is 9.59 Å². The molecule has 0 radical (unpaired) electrons. The number of nitrogens with zero attached hydrogens (tertiary/aromatic N) is 1. The van der Waals surface area contributed by atoms with Gasteiger partial charge in [-0.2, -0.15) is 0 Å². The predicted molar refractivity (Wildman–Crippen MR) is 122 cm³/mol. The van der Waals surface area contributed by atoms with Crippen molar-refractivity contribution in [3.63, 3.8) is 0 Å². The van der Waals surface area contributed by atoms with Crippen molar-refractivity contribution in [1.82, 2.24) is 0 Å². The highest BCUT2D eigenvalue weighted by Crippen LogP contribution is 2.27. The summed E-state index contributed by atoms with van der Waals surface area (Å²) in [6.45, 7) is 2.18. The number of benzene rings is 2. The van der Waals surface area contributed by atoms with Crippen LogP contribution in [0.3, 0.4) is 0 Å². The Morgan fingerprint density at radius 3 is 2.40 bits per heavy atom. The number of anilines is 2. The Morgan fingerprint density at radius 2 is 1.60 bits per heavy atom. The van der Waals surface area contributed by atoms with Crippen molar-refractivity contribution >= 4 is 23.1 Å². The SMILES string of the molecule is O=C(Cc1cccc(N2CCCCC2)c1)c1ccccc1NC(=O)C1CCCCC1. The van der Waals surface area contributed by atoms with E-state index in [-0.39, 0.29) is 17.6 Å². The third kappa shape index (κ3) is 5.10. The van der Waals surface area contributed by atoms with Gasteiger partial charge in [-0.3, -0.25) is 9.59 Å². The molecule has 158 valence electrons. The first-order chi connectivity index (χ1) is 14.7. The van der Waals surface area contributed by atoms with E-state index in [4.69, 9.17) is 0 Å². The fourth-order valence-corrected chi connectivity index (χ4v) is 4.73. The lowest BCUT2D eigenvalue weighted by atomic mass is 9.88. The Morgan fingerprint density at radius 1 is 0.867 bits per heavy atom. The van der Waals surface area contributed by atoms with Crippen molar-refractivity contribution in [2.24, 2.45) is 5.92 Å². The van der Waals surface area contributed by atoms with Crippen molar-refractivity contribution in [3.8, 4) is 0 Å². The van der Waals surface area contributed by atoms with Gasteiger partial charge in [0.2, 0.25) is 5.91 Å². The second-order valence-electron chi connectivity index (χ2n) is 8.69. The van der Waals surface area contributed by atoms with Crippen molar-refractivity contribution in [2.45, 2.75) is 57.8 Å². The predicted octanol–water partition coefficient (Wildman–Crippen LogP) is 5.62. The summed E-state index contributed by atoms with van der Waals surface area (Å²) in [7, 11) is 0. The number of Topliss-reactive ketones (excluding diaryl/α,β-unsaturated/α-hetero) is 1. The summed E-state index contributed by atoms with van der Waals surface area (Å²) in [5.41, 5.74) is 3.48. The van der Waals surface area contributed by atoms with Crippen LogP contribution in [0, 0.1) is 5.92 Å². The summed E-state index contributed by atoms with van der Waals surface area (Å²) >= 11 is 0. The number of amides is 1. The lowest BCUT2D eigenvalue weighted by Gasteiger charge is -2.29. The van der Waals surface area contributed by atoms with Gasteiger partial charge in [-0.15, -0.1) is 0 Å². The first kappa shape index (κ1) is 20.6. The number of rotatable bonds is 6. The van der Waals surface area contributed by atoms with Gasteiger partial charge in [0.1, 0.15) is 0 Å². The molecule has 4 rings (SSSR count). The van der Waals surface area contributed by atoms with Crippen molar-refractivity contribution in [2.75, 3.05) is 23.3 Å². The Bertz CT molecular complexity index is 880. The molecule has 4 nitrogen and oxygen atoms in total. The highest BCUT2D eigenvalue weighted by molar-refractivity contribution is 6.06. The molecule has 1 saturated heterocycles. The van der Waals surface area contributed by atoms with Gasteiger partial charge in [0.15, 0.2) is 5.78 Å². The fraction of sp³-hybridized carbons (Fsp3) is 0.462. The average molecular weight is 405 g/mol. The van der Waals surface area contributed by atoms with Crippen molar-refractivity contribution in [1.29, 1.82) is 0 Å². The first-order valence-electron chi connectivity index (χ1n) is 11.5. The summed E-state index contributed by atoms with van der Waals surface area (Å²) in [6, 6.07) is 15.8. The molecule has 2 aromatic rings. The van der Waals surface area contributed by atoms with Gasteiger partial charge in [-0.1, -0.05) is 43.5 Å². The normalized spacial score (nSPS) is 17.5. The fourth-order valence-electron chi connectivity index (χ4n) is 4.73. The number of hydrogen-bond donors (Lipinski definition) is 1. The van der Waals surface area contributed by atoms with Crippen molar-refractivity contribution < 1.29 is 9.59 Å². The average Bonchev–Trinajstić information content (AvgIpc) is 2.81. The van der Waals surface area contributed by atoms with Crippen molar-refractivity contribution in [3.05, 3.63) is 59.7 Å². The van der Waals surface area contributed by atoms with Gasteiger partial charge in [0, 0.05) is 36.7 Å². The molecular weight excluding hydrogens is 372 g/mol. The molecule has 2 aromatic carbocycles. The van der Waals surface area contributed by atoms with Crippen LogP contribution in [0.25, 0.3) is 0 Å². The van der Waals surface area contributed by atoms with Crippen LogP contribution in [0.2, 0.25) is 0 Å². The highest BCUT2D eigenvalue weighted by Gasteiger charge is 2.22. The second-order valence-corrected chi connectivity index (χ2v) is 8.69. The second kappa shape index (κ2) is 9.92. The van der Waals surface area contributed by atoms with E-state index in [0.29, 0.717) is 17.7 Å². The summed E-state index contributed by atoms with van der Waals surface area (Å²) in [5, 5.41) is 3.04. The quantitative estimate of drug-likeness (QED) is 0.636. The van der Waals surface area contributed by atoms with Crippen LogP contribution >= 0.6 is 0 Å². The molecule has 1 saturated carbocycles. The minimum Gasteiger partial charge on any atom is -0.372 e. The zero-order valence-electron chi connectivity index (χ0n) is 17.7. The van der Waals surface area contributed by atoms with E-state index >= 15 is 0 Å². The highest BCUT2D eigenvalue weighted by atomic mass is 16.2. The number of ketones is 1. The van der Waals surface area contributed by atoms with Crippen LogP contribution < -0.4 is 10.2 Å². The number of piperidine rings is 1. The molecule has 1 aliphatic carbocycles. The molecule has 2 aliphatic rings. The topological polar surface area (TPSA) is 49.4 Å². The lowest BCUT2D eigenvalue weighted by Crippen LogP contribution is -2.29. The Hall–Kier alpha value is -2.62. The number of carbonyl (C=O) groups excluding carboxylic acids is 2. The number of hydrogen-bond acceptors (Lipinski definition) is 3. The Balaban J connectivity index is 1.45. The molecule has 30 heavy (non-hydrogen) atoms. The Labute approximate surface area is 179 Å². The molecule has 0 spiro atoms. The minimum absolute atomic E-state index is 0.0466. The van der Waals surface area contributed by atoms with E-state index in [1.165, 1.54) is 31.4 Å². The monoisotopic (exact) mass is 404 g/mol. The molecule has 0 unspecified atom stereocenters. The van der Waals surface area contributed by atoms with E-state index < -0.39 is 0 Å². The molecule has 0 bridgehead atoms. The van der Waals surface area contributed by atoms with Crippen LogP contribution in [0.5, 0.6) is 0 Å². The third-order valence-corrected chi connectivity index (χ3v) is 6.46. The molecule has 1 N–H and O–H groups in total. The molecule has 2 fully saturated rings. The largest absolute Gasteiger partial charge is 0.372 e. The zero-order chi connectivity index (χ0) is 20.8. The summed E-state index contributed by atoms with van der Waals surface area (Å²) in [4.78, 5) is 28.2. The summed E-state index contributed by atoms with van der Waals surface area (Å²) < 4.78 is 0. The maximum Gasteiger partial charge on any atom is 0.227 e. The van der Waals surface area contributed by atoms with Crippen LogP contribution in [0.1, 0.15) is 67.3 Å². The molecule has 4 heteroatoms. The summed E-state index contributed by atoms with van der Waals surface area (Å²) in [6.07, 6.45) is 9.47. The van der Waals surface area contributed by atoms with Crippen LogP contribution in [-0.4, -0.2) is 24.8 Å². The standard InChI is InChI=1S/C26H32N2O2/c29-25(19-20-10-9-13-22(18-20)28-16-7-2-8-17-28)23-14-5-6-15-24(23)27-26(30)21-11-3-1-4-12-21/h5-6,9-10,13-15,18,21H,1-4,7-8,11-12,16-17,19H2,(H,27,30). The van der Waals surface area contributed by atoms with Gasteiger partial charge in [-0.05, 0) is 61.9 Å².